The normalized spacial score (nSPS) is 12.1. The average Bonchev–Trinajstić information content (AvgIpc) is 2.45. The second-order valence-corrected chi connectivity index (χ2v) is 4.99. The highest BCUT2D eigenvalue weighted by atomic mass is 16.4. The number of carboxylic acids is 1. The molecule has 0 aromatic carbocycles. The van der Waals surface area contributed by atoms with Crippen molar-refractivity contribution in [2.24, 2.45) is 0 Å². The number of carbonyl (C=O) groups is 1. The van der Waals surface area contributed by atoms with Crippen LogP contribution >= 0.6 is 0 Å². The van der Waals surface area contributed by atoms with Gasteiger partial charge in [-0.25, -0.2) is 4.79 Å². The van der Waals surface area contributed by atoms with Gasteiger partial charge in [0.1, 0.15) is 5.56 Å². The smallest absolute Gasteiger partial charge is 0.339 e. The number of carboxylic acid groups (broad SMARTS) is 1. The Bertz CT molecular complexity index is 372. The van der Waals surface area contributed by atoms with E-state index in [2.05, 4.69) is 5.10 Å². The zero-order valence-electron chi connectivity index (χ0n) is 9.90. The largest absolute Gasteiger partial charge is 0.478 e. The average molecular weight is 210 g/mol. The predicted molar refractivity (Wildman–Crippen MR) is 58.3 cm³/mol. The molecule has 1 aromatic heterocycles. The van der Waals surface area contributed by atoms with E-state index in [-0.39, 0.29) is 11.5 Å². The molecule has 4 nitrogen and oxygen atoms in total. The third kappa shape index (κ3) is 2.19. The van der Waals surface area contributed by atoms with Crippen molar-refractivity contribution in [3.8, 4) is 0 Å². The van der Waals surface area contributed by atoms with Crippen molar-refractivity contribution in [3.05, 3.63) is 17.5 Å². The number of nitrogens with zero attached hydrogens (tertiary/aromatic N) is 2. The van der Waals surface area contributed by atoms with Crippen LogP contribution < -0.4 is 0 Å². The van der Waals surface area contributed by atoms with Crippen LogP contribution in [-0.2, 0) is 5.54 Å². The zero-order valence-corrected chi connectivity index (χ0v) is 9.90. The highest BCUT2D eigenvalue weighted by Gasteiger charge is 2.25. The van der Waals surface area contributed by atoms with Crippen molar-refractivity contribution in [2.75, 3.05) is 0 Å². The van der Waals surface area contributed by atoms with Crippen LogP contribution in [0.25, 0.3) is 0 Å². The van der Waals surface area contributed by atoms with E-state index in [0.717, 1.165) is 5.69 Å². The summed E-state index contributed by atoms with van der Waals surface area (Å²) in [5.41, 5.74) is 0.905. The molecule has 0 spiro atoms. The lowest BCUT2D eigenvalue weighted by Crippen LogP contribution is -2.26. The predicted octanol–water partition coefficient (Wildman–Crippen LogP) is 2.46. The van der Waals surface area contributed by atoms with Crippen molar-refractivity contribution in [3.63, 3.8) is 0 Å². The van der Waals surface area contributed by atoms with Gasteiger partial charge in [0.15, 0.2) is 0 Å². The fourth-order valence-corrected chi connectivity index (χ4v) is 1.61. The van der Waals surface area contributed by atoms with E-state index >= 15 is 0 Å². The van der Waals surface area contributed by atoms with Gasteiger partial charge in [-0.05, 0) is 26.7 Å². The molecule has 84 valence electrons. The molecule has 0 fully saturated rings. The number of hydrogen-bond donors (Lipinski definition) is 1. The maximum absolute atomic E-state index is 11.0. The quantitative estimate of drug-likeness (QED) is 0.815. The van der Waals surface area contributed by atoms with Gasteiger partial charge in [0, 0.05) is 0 Å². The van der Waals surface area contributed by atoms with Gasteiger partial charge in [0.05, 0.1) is 17.4 Å². The topological polar surface area (TPSA) is 55.1 Å². The van der Waals surface area contributed by atoms with Crippen LogP contribution in [0.1, 0.15) is 56.6 Å². The molecular weight excluding hydrogens is 192 g/mol. The number of hydrogen-bond acceptors (Lipinski definition) is 2. The van der Waals surface area contributed by atoms with Crippen molar-refractivity contribution in [1.29, 1.82) is 0 Å². The molecule has 0 aliphatic rings. The van der Waals surface area contributed by atoms with Crippen LogP contribution in [0, 0.1) is 0 Å². The first-order valence-electron chi connectivity index (χ1n) is 5.07. The Labute approximate surface area is 89.9 Å². The van der Waals surface area contributed by atoms with Gasteiger partial charge in [-0.2, -0.15) is 5.10 Å². The second kappa shape index (κ2) is 3.68. The van der Waals surface area contributed by atoms with Gasteiger partial charge in [-0.15, -0.1) is 0 Å². The van der Waals surface area contributed by atoms with Gasteiger partial charge in [0.25, 0.3) is 0 Å². The molecule has 0 atom stereocenters. The molecule has 15 heavy (non-hydrogen) atoms. The van der Waals surface area contributed by atoms with Crippen molar-refractivity contribution >= 4 is 5.97 Å². The van der Waals surface area contributed by atoms with E-state index in [1.54, 1.807) is 4.68 Å². The molecule has 0 aliphatic carbocycles. The molecule has 0 aliphatic heterocycles. The minimum Gasteiger partial charge on any atom is -0.478 e. The van der Waals surface area contributed by atoms with Crippen LogP contribution in [0.15, 0.2) is 6.20 Å². The molecular formula is C11H18N2O2. The van der Waals surface area contributed by atoms with E-state index in [4.69, 9.17) is 5.11 Å². The van der Waals surface area contributed by atoms with E-state index in [0.29, 0.717) is 5.56 Å². The summed E-state index contributed by atoms with van der Waals surface area (Å²) in [6.45, 7) is 9.99. The Morgan fingerprint density at radius 3 is 2.33 bits per heavy atom. The third-order valence-corrected chi connectivity index (χ3v) is 2.22. The van der Waals surface area contributed by atoms with Gasteiger partial charge in [0.2, 0.25) is 0 Å². The van der Waals surface area contributed by atoms with Gasteiger partial charge in [-0.1, -0.05) is 13.8 Å². The summed E-state index contributed by atoms with van der Waals surface area (Å²) >= 11 is 0. The van der Waals surface area contributed by atoms with Gasteiger partial charge < -0.3 is 5.11 Å². The van der Waals surface area contributed by atoms with Crippen molar-refractivity contribution in [2.45, 2.75) is 46.1 Å². The fourth-order valence-electron chi connectivity index (χ4n) is 1.61. The first-order chi connectivity index (χ1) is 6.75. The number of rotatable bonds is 2. The molecule has 0 amide bonds. The molecule has 0 saturated carbocycles. The first-order valence-corrected chi connectivity index (χ1v) is 5.07. The Hall–Kier alpha value is -1.32. The van der Waals surface area contributed by atoms with Crippen LogP contribution in [-0.4, -0.2) is 20.9 Å². The Kier molecular flexibility index (Phi) is 2.88. The summed E-state index contributed by atoms with van der Waals surface area (Å²) in [4.78, 5) is 11.0. The molecule has 0 saturated heterocycles. The molecule has 0 bridgehead atoms. The van der Waals surface area contributed by atoms with Crippen molar-refractivity contribution in [1.82, 2.24) is 9.78 Å². The molecule has 1 N–H and O–H groups in total. The van der Waals surface area contributed by atoms with E-state index in [1.807, 2.05) is 34.6 Å². The molecule has 1 heterocycles. The Morgan fingerprint density at radius 2 is 2.00 bits per heavy atom. The molecule has 4 heteroatoms. The SMILES string of the molecule is CC(C)c1c(C(=O)O)cnn1C(C)(C)C. The van der Waals surface area contributed by atoms with Crippen molar-refractivity contribution < 1.29 is 9.90 Å². The minimum absolute atomic E-state index is 0.151. The highest BCUT2D eigenvalue weighted by molar-refractivity contribution is 5.88. The van der Waals surface area contributed by atoms with Crippen LogP contribution in [0.2, 0.25) is 0 Å². The van der Waals surface area contributed by atoms with E-state index in [1.165, 1.54) is 6.20 Å². The summed E-state index contributed by atoms with van der Waals surface area (Å²) in [6.07, 6.45) is 1.43. The van der Waals surface area contributed by atoms with Gasteiger partial charge >= 0.3 is 5.97 Å². The standard InChI is InChI=1S/C11H18N2O2/c1-7(2)9-8(10(14)15)6-12-13(9)11(3,4)5/h6-7H,1-5H3,(H,14,15). The summed E-state index contributed by atoms with van der Waals surface area (Å²) in [6, 6.07) is 0. The maximum atomic E-state index is 11.0. The third-order valence-electron chi connectivity index (χ3n) is 2.22. The second-order valence-electron chi connectivity index (χ2n) is 4.99. The molecule has 0 radical (unpaired) electrons. The lowest BCUT2D eigenvalue weighted by molar-refractivity contribution is 0.0695. The molecule has 0 unspecified atom stereocenters. The zero-order chi connectivity index (χ0) is 11.8. The Balaban J connectivity index is 3.37. The number of aromatic carboxylic acids is 1. The summed E-state index contributed by atoms with van der Waals surface area (Å²) in [7, 11) is 0. The Morgan fingerprint density at radius 1 is 1.47 bits per heavy atom. The fraction of sp³-hybridized carbons (Fsp3) is 0.636. The van der Waals surface area contributed by atoms with Crippen LogP contribution in [0.5, 0.6) is 0 Å². The summed E-state index contributed by atoms with van der Waals surface area (Å²) < 4.78 is 1.79. The highest BCUT2D eigenvalue weighted by Crippen LogP contribution is 2.25. The van der Waals surface area contributed by atoms with E-state index in [9.17, 15) is 4.79 Å². The summed E-state index contributed by atoms with van der Waals surface area (Å²) in [5.74, 6) is -0.757. The summed E-state index contributed by atoms with van der Waals surface area (Å²) in [5, 5.41) is 13.2. The monoisotopic (exact) mass is 210 g/mol. The molecule has 1 rings (SSSR count). The van der Waals surface area contributed by atoms with Gasteiger partial charge in [-0.3, -0.25) is 4.68 Å². The number of aromatic nitrogens is 2. The minimum atomic E-state index is -0.908. The molecule has 1 aromatic rings. The van der Waals surface area contributed by atoms with Crippen LogP contribution in [0.4, 0.5) is 0 Å². The van der Waals surface area contributed by atoms with E-state index < -0.39 is 5.97 Å². The lowest BCUT2D eigenvalue weighted by Gasteiger charge is -2.24. The maximum Gasteiger partial charge on any atom is 0.339 e. The lowest BCUT2D eigenvalue weighted by atomic mass is 10.0. The van der Waals surface area contributed by atoms with Crippen LogP contribution in [0.3, 0.4) is 0 Å². The first kappa shape index (κ1) is 11.8.